The van der Waals surface area contributed by atoms with Crippen LogP contribution in [0.3, 0.4) is 0 Å². The first-order valence-electron chi connectivity index (χ1n) is 5.40. The third kappa shape index (κ3) is 3.38. The second kappa shape index (κ2) is 5.70. The minimum Gasteiger partial charge on any atom is -0.463 e. The van der Waals surface area contributed by atoms with E-state index in [2.05, 4.69) is 18.6 Å². The van der Waals surface area contributed by atoms with Crippen molar-refractivity contribution in [3.05, 3.63) is 23.7 Å². The highest BCUT2D eigenvalue weighted by atomic mass is 16.5. The van der Waals surface area contributed by atoms with Crippen molar-refractivity contribution in [2.45, 2.75) is 32.8 Å². The van der Waals surface area contributed by atoms with Gasteiger partial charge in [0.05, 0.1) is 7.11 Å². The molecule has 1 rings (SSSR count). The highest BCUT2D eigenvalue weighted by Crippen LogP contribution is 2.23. The van der Waals surface area contributed by atoms with Crippen LogP contribution in [0.1, 0.15) is 49.1 Å². The van der Waals surface area contributed by atoms with E-state index in [1.54, 1.807) is 6.07 Å². The maximum absolute atomic E-state index is 11.1. The van der Waals surface area contributed by atoms with Crippen molar-refractivity contribution in [1.82, 2.24) is 0 Å². The van der Waals surface area contributed by atoms with Crippen LogP contribution in [0.4, 0.5) is 0 Å². The second-order valence-corrected chi connectivity index (χ2v) is 4.18. The molecule has 0 aliphatic rings. The van der Waals surface area contributed by atoms with Crippen LogP contribution in [0.25, 0.3) is 0 Å². The number of aliphatic hydroxyl groups excluding tert-OH is 1. The molecule has 0 saturated carbocycles. The predicted octanol–water partition coefficient (Wildman–Crippen LogP) is 2.54. The first-order chi connectivity index (χ1) is 7.54. The number of ether oxygens (including phenoxy) is 1. The Hall–Kier alpha value is -1.29. The van der Waals surface area contributed by atoms with E-state index in [0.29, 0.717) is 18.1 Å². The van der Waals surface area contributed by atoms with Crippen LogP contribution in [-0.4, -0.2) is 18.2 Å². The number of hydrogen-bond acceptors (Lipinski definition) is 4. The molecular weight excluding hydrogens is 208 g/mol. The molecule has 1 aromatic heterocycles. The van der Waals surface area contributed by atoms with Crippen molar-refractivity contribution >= 4 is 5.97 Å². The smallest absolute Gasteiger partial charge is 0.373 e. The largest absolute Gasteiger partial charge is 0.463 e. The summed E-state index contributed by atoms with van der Waals surface area (Å²) < 4.78 is 9.72. The lowest BCUT2D eigenvalue weighted by Gasteiger charge is -2.09. The monoisotopic (exact) mass is 226 g/mol. The van der Waals surface area contributed by atoms with Gasteiger partial charge in [-0.25, -0.2) is 4.79 Å². The fraction of sp³-hybridized carbons (Fsp3) is 0.583. The lowest BCUT2D eigenvalue weighted by atomic mass is 10.0. The van der Waals surface area contributed by atoms with E-state index in [-0.39, 0.29) is 5.76 Å². The summed E-state index contributed by atoms with van der Waals surface area (Å²) in [6.45, 7) is 4.18. The number of aliphatic hydroxyl groups is 1. The first-order valence-corrected chi connectivity index (χ1v) is 5.40. The van der Waals surface area contributed by atoms with Gasteiger partial charge in [0.1, 0.15) is 11.9 Å². The van der Waals surface area contributed by atoms with E-state index in [1.165, 1.54) is 13.2 Å². The summed E-state index contributed by atoms with van der Waals surface area (Å²) in [5.41, 5.74) is 0. The molecule has 0 saturated heterocycles. The molecule has 0 aliphatic heterocycles. The van der Waals surface area contributed by atoms with Gasteiger partial charge in [0, 0.05) is 0 Å². The lowest BCUT2D eigenvalue weighted by molar-refractivity contribution is 0.0553. The second-order valence-electron chi connectivity index (χ2n) is 4.18. The molecule has 0 spiro atoms. The van der Waals surface area contributed by atoms with Crippen LogP contribution in [0.5, 0.6) is 0 Å². The molecule has 0 bridgehead atoms. The molecule has 1 N–H and O–H groups in total. The van der Waals surface area contributed by atoms with Crippen LogP contribution in [0.2, 0.25) is 0 Å². The molecular formula is C12H18O4. The van der Waals surface area contributed by atoms with E-state index >= 15 is 0 Å². The SMILES string of the molecule is COC(=O)c1ccc(C(O)CCC(C)C)o1. The summed E-state index contributed by atoms with van der Waals surface area (Å²) in [6, 6.07) is 3.12. The Kier molecular flexibility index (Phi) is 4.55. The van der Waals surface area contributed by atoms with E-state index in [1.807, 2.05) is 0 Å². The number of rotatable bonds is 5. The Balaban J connectivity index is 2.59. The molecule has 1 heterocycles. The summed E-state index contributed by atoms with van der Waals surface area (Å²) in [5, 5.41) is 9.79. The van der Waals surface area contributed by atoms with Crippen LogP contribution >= 0.6 is 0 Å². The molecule has 1 aromatic rings. The van der Waals surface area contributed by atoms with Gasteiger partial charge in [0.15, 0.2) is 0 Å². The summed E-state index contributed by atoms with van der Waals surface area (Å²) in [6.07, 6.45) is 0.891. The van der Waals surface area contributed by atoms with E-state index in [9.17, 15) is 9.90 Å². The highest BCUT2D eigenvalue weighted by molar-refractivity contribution is 5.86. The normalized spacial score (nSPS) is 12.8. The summed E-state index contributed by atoms with van der Waals surface area (Å²) in [7, 11) is 1.29. The highest BCUT2D eigenvalue weighted by Gasteiger charge is 2.16. The molecule has 0 amide bonds. The van der Waals surface area contributed by atoms with Gasteiger partial charge >= 0.3 is 5.97 Å². The molecule has 1 atom stereocenters. The van der Waals surface area contributed by atoms with Crippen molar-refractivity contribution in [2.24, 2.45) is 5.92 Å². The molecule has 0 aromatic carbocycles. The minimum atomic E-state index is -0.652. The van der Waals surface area contributed by atoms with Gasteiger partial charge < -0.3 is 14.3 Å². The standard InChI is InChI=1S/C12H18O4/c1-8(2)4-5-9(13)10-6-7-11(16-10)12(14)15-3/h6-9,13H,4-5H2,1-3H3. The van der Waals surface area contributed by atoms with Crippen LogP contribution in [-0.2, 0) is 4.74 Å². The molecule has 90 valence electrons. The Labute approximate surface area is 95.2 Å². The zero-order valence-electron chi connectivity index (χ0n) is 9.90. The fourth-order valence-electron chi connectivity index (χ4n) is 1.38. The fourth-order valence-corrected chi connectivity index (χ4v) is 1.38. The molecule has 4 nitrogen and oxygen atoms in total. The van der Waals surface area contributed by atoms with Crippen molar-refractivity contribution in [1.29, 1.82) is 0 Å². The topological polar surface area (TPSA) is 59.7 Å². The van der Waals surface area contributed by atoms with Crippen molar-refractivity contribution in [3.8, 4) is 0 Å². The van der Waals surface area contributed by atoms with Crippen LogP contribution < -0.4 is 0 Å². The van der Waals surface area contributed by atoms with Crippen molar-refractivity contribution in [3.63, 3.8) is 0 Å². The maximum atomic E-state index is 11.1. The third-order valence-corrected chi connectivity index (χ3v) is 2.36. The molecule has 16 heavy (non-hydrogen) atoms. The van der Waals surface area contributed by atoms with Crippen molar-refractivity contribution in [2.75, 3.05) is 7.11 Å². The van der Waals surface area contributed by atoms with Gasteiger partial charge in [-0.15, -0.1) is 0 Å². The zero-order chi connectivity index (χ0) is 12.1. The van der Waals surface area contributed by atoms with Crippen LogP contribution in [0.15, 0.2) is 16.5 Å². The molecule has 0 radical (unpaired) electrons. The van der Waals surface area contributed by atoms with Gasteiger partial charge in [-0.3, -0.25) is 0 Å². The van der Waals surface area contributed by atoms with Crippen molar-refractivity contribution < 1.29 is 19.1 Å². The summed E-state index contributed by atoms with van der Waals surface area (Å²) in [5.74, 6) is 0.550. The summed E-state index contributed by atoms with van der Waals surface area (Å²) >= 11 is 0. The maximum Gasteiger partial charge on any atom is 0.373 e. The average Bonchev–Trinajstić information content (AvgIpc) is 2.74. The quantitative estimate of drug-likeness (QED) is 0.784. The summed E-state index contributed by atoms with van der Waals surface area (Å²) in [4.78, 5) is 11.1. The predicted molar refractivity (Wildman–Crippen MR) is 59.1 cm³/mol. The average molecular weight is 226 g/mol. The number of furan rings is 1. The third-order valence-electron chi connectivity index (χ3n) is 2.36. The van der Waals surface area contributed by atoms with E-state index < -0.39 is 12.1 Å². The van der Waals surface area contributed by atoms with Gasteiger partial charge in [-0.1, -0.05) is 13.8 Å². The Morgan fingerprint density at radius 1 is 1.44 bits per heavy atom. The van der Waals surface area contributed by atoms with Gasteiger partial charge in [0.25, 0.3) is 0 Å². The van der Waals surface area contributed by atoms with Gasteiger partial charge in [0.2, 0.25) is 5.76 Å². The van der Waals surface area contributed by atoms with Gasteiger partial charge in [-0.2, -0.15) is 0 Å². The molecule has 0 fully saturated rings. The number of carbonyl (C=O) groups is 1. The van der Waals surface area contributed by atoms with Crippen LogP contribution in [0, 0.1) is 5.92 Å². The van der Waals surface area contributed by atoms with Gasteiger partial charge in [-0.05, 0) is 30.9 Å². The number of esters is 1. The zero-order valence-corrected chi connectivity index (χ0v) is 9.90. The molecule has 0 aliphatic carbocycles. The first kappa shape index (κ1) is 12.8. The number of methoxy groups -OCH3 is 1. The Bertz CT molecular complexity index is 341. The Morgan fingerprint density at radius 3 is 2.69 bits per heavy atom. The minimum absolute atomic E-state index is 0.126. The number of hydrogen-bond donors (Lipinski definition) is 1. The lowest BCUT2D eigenvalue weighted by Crippen LogP contribution is -2.00. The van der Waals surface area contributed by atoms with E-state index in [0.717, 1.165) is 6.42 Å². The molecule has 1 unspecified atom stereocenters. The number of carbonyl (C=O) groups excluding carboxylic acids is 1. The van der Waals surface area contributed by atoms with E-state index in [4.69, 9.17) is 4.42 Å². The molecule has 4 heteroatoms. The Morgan fingerprint density at radius 2 is 2.12 bits per heavy atom.